The molecule has 5 nitrogen and oxygen atoms in total. The normalized spacial score (nSPS) is 19.5. The second kappa shape index (κ2) is 8.42. The zero-order valence-corrected chi connectivity index (χ0v) is 16.3. The van der Waals surface area contributed by atoms with Gasteiger partial charge in [0, 0.05) is 23.1 Å². The van der Waals surface area contributed by atoms with Crippen LogP contribution in [0.15, 0.2) is 36.4 Å². The fourth-order valence-corrected chi connectivity index (χ4v) is 3.93. The fraction of sp³-hybridized carbons (Fsp3) is 0.455. The number of aryl methyl sites for hydroxylation is 1. The molecule has 144 valence electrons. The molecule has 1 saturated carbocycles. The average molecular weight is 368 g/mol. The van der Waals surface area contributed by atoms with Gasteiger partial charge >= 0.3 is 5.97 Å². The lowest BCUT2D eigenvalue weighted by Crippen LogP contribution is -2.42. The Morgan fingerprint density at radius 3 is 2.56 bits per heavy atom. The van der Waals surface area contributed by atoms with Gasteiger partial charge in [0.15, 0.2) is 6.61 Å². The van der Waals surface area contributed by atoms with Crippen LogP contribution in [-0.2, 0) is 9.53 Å². The van der Waals surface area contributed by atoms with Gasteiger partial charge in [0.2, 0.25) is 0 Å². The van der Waals surface area contributed by atoms with Crippen molar-refractivity contribution in [2.45, 2.75) is 52.5 Å². The summed E-state index contributed by atoms with van der Waals surface area (Å²) in [6, 6.07) is 11.9. The van der Waals surface area contributed by atoms with Gasteiger partial charge in [0.25, 0.3) is 5.91 Å². The van der Waals surface area contributed by atoms with E-state index in [1.807, 2.05) is 54.8 Å². The highest BCUT2D eigenvalue weighted by Crippen LogP contribution is 2.24. The highest BCUT2D eigenvalue weighted by atomic mass is 16.5. The number of carbonyl (C=O) groups excluding carboxylic acids is 2. The highest BCUT2D eigenvalue weighted by Gasteiger charge is 2.24. The van der Waals surface area contributed by atoms with Crippen LogP contribution in [-0.4, -0.2) is 29.1 Å². The molecule has 0 radical (unpaired) electrons. The number of carbonyl (C=O) groups is 2. The van der Waals surface area contributed by atoms with Crippen LogP contribution in [0.1, 0.15) is 54.4 Å². The number of amides is 1. The molecule has 1 aromatic heterocycles. The van der Waals surface area contributed by atoms with Gasteiger partial charge in [-0.15, -0.1) is 0 Å². The summed E-state index contributed by atoms with van der Waals surface area (Å²) in [6.07, 6.45) is 4.50. The number of benzene rings is 1. The van der Waals surface area contributed by atoms with E-state index in [0.29, 0.717) is 11.5 Å². The van der Waals surface area contributed by atoms with Crippen LogP contribution in [0.25, 0.3) is 5.69 Å². The van der Waals surface area contributed by atoms with Crippen molar-refractivity contribution >= 4 is 11.9 Å². The predicted octanol–water partition coefficient (Wildman–Crippen LogP) is 3.95. The van der Waals surface area contributed by atoms with Crippen LogP contribution < -0.4 is 5.32 Å². The Balaban J connectivity index is 1.62. The molecular weight excluding hydrogens is 340 g/mol. The molecule has 0 spiro atoms. The van der Waals surface area contributed by atoms with Crippen molar-refractivity contribution in [1.82, 2.24) is 9.88 Å². The minimum Gasteiger partial charge on any atom is -0.452 e. The molecule has 0 aliphatic heterocycles. The smallest absolute Gasteiger partial charge is 0.340 e. The molecule has 0 bridgehead atoms. The first kappa shape index (κ1) is 19.2. The Hall–Kier alpha value is -2.56. The number of hydrogen-bond acceptors (Lipinski definition) is 3. The number of ether oxygens (including phenoxy) is 1. The number of hydrogen-bond donors (Lipinski definition) is 1. The molecule has 1 N–H and O–H groups in total. The molecule has 0 unspecified atom stereocenters. The van der Waals surface area contributed by atoms with Crippen molar-refractivity contribution in [2.24, 2.45) is 5.92 Å². The van der Waals surface area contributed by atoms with Crippen molar-refractivity contribution in [3.8, 4) is 5.69 Å². The lowest BCUT2D eigenvalue weighted by molar-refractivity contribution is -0.125. The summed E-state index contributed by atoms with van der Waals surface area (Å²) in [7, 11) is 0. The quantitative estimate of drug-likeness (QED) is 0.813. The lowest BCUT2D eigenvalue weighted by atomic mass is 9.86. The van der Waals surface area contributed by atoms with E-state index in [0.717, 1.165) is 36.3 Å². The first-order chi connectivity index (χ1) is 13.0. The van der Waals surface area contributed by atoms with Crippen LogP contribution in [0.3, 0.4) is 0 Å². The molecule has 0 saturated heterocycles. The third-order valence-corrected chi connectivity index (χ3v) is 5.46. The van der Waals surface area contributed by atoms with E-state index in [1.165, 1.54) is 6.42 Å². The zero-order valence-electron chi connectivity index (χ0n) is 16.3. The van der Waals surface area contributed by atoms with Gasteiger partial charge in [-0.25, -0.2) is 4.79 Å². The first-order valence-corrected chi connectivity index (χ1v) is 9.68. The fourth-order valence-electron chi connectivity index (χ4n) is 3.93. The summed E-state index contributed by atoms with van der Waals surface area (Å²) >= 11 is 0. The maximum Gasteiger partial charge on any atom is 0.340 e. The summed E-state index contributed by atoms with van der Waals surface area (Å²) in [4.78, 5) is 24.7. The standard InChI is InChI=1S/C22H28N2O3/c1-15-9-7-8-12-20(15)23-21(25)14-27-22(26)19-13-16(2)24(17(19)3)18-10-5-4-6-11-18/h4-6,10-11,13,15,20H,7-9,12,14H2,1-3H3,(H,23,25)/t15-,20-/m0/s1. The topological polar surface area (TPSA) is 60.3 Å². The van der Waals surface area contributed by atoms with E-state index in [4.69, 9.17) is 4.74 Å². The molecule has 1 aromatic carbocycles. The van der Waals surface area contributed by atoms with E-state index in [-0.39, 0.29) is 18.6 Å². The average Bonchev–Trinajstić information content (AvgIpc) is 2.96. The van der Waals surface area contributed by atoms with Crippen molar-refractivity contribution in [3.05, 3.63) is 53.3 Å². The monoisotopic (exact) mass is 368 g/mol. The molecule has 1 heterocycles. The molecule has 1 fully saturated rings. The number of para-hydroxylation sites is 1. The van der Waals surface area contributed by atoms with E-state index < -0.39 is 5.97 Å². The van der Waals surface area contributed by atoms with Gasteiger partial charge in [0.1, 0.15) is 0 Å². The SMILES string of the molecule is Cc1cc(C(=O)OCC(=O)N[C@H]2CCCC[C@@H]2C)c(C)n1-c1ccccc1. The summed E-state index contributed by atoms with van der Waals surface area (Å²) in [6.45, 7) is 5.76. The van der Waals surface area contributed by atoms with Crippen LogP contribution in [0.5, 0.6) is 0 Å². The summed E-state index contributed by atoms with van der Waals surface area (Å²) in [5.74, 6) is -0.209. The van der Waals surface area contributed by atoms with Crippen molar-refractivity contribution in [2.75, 3.05) is 6.61 Å². The number of aromatic nitrogens is 1. The van der Waals surface area contributed by atoms with Crippen LogP contribution in [0.4, 0.5) is 0 Å². The first-order valence-electron chi connectivity index (χ1n) is 9.68. The summed E-state index contributed by atoms with van der Waals surface area (Å²) < 4.78 is 7.30. The van der Waals surface area contributed by atoms with E-state index in [9.17, 15) is 9.59 Å². The number of nitrogens with one attached hydrogen (secondary N) is 1. The Morgan fingerprint density at radius 2 is 1.85 bits per heavy atom. The largest absolute Gasteiger partial charge is 0.452 e. The maximum absolute atomic E-state index is 12.5. The number of esters is 1. The molecule has 2 aromatic rings. The second-order valence-corrected chi connectivity index (χ2v) is 7.47. The lowest BCUT2D eigenvalue weighted by Gasteiger charge is -2.29. The number of rotatable bonds is 5. The molecule has 1 amide bonds. The summed E-state index contributed by atoms with van der Waals surface area (Å²) in [5.41, 5.74) is 3.25. The second-order valence-electron chi connectivity index (χ2n) is 7.47. The van der Waals surface area contributed by atoms with Gasteiger partial charge in [-0.3, -0.25) is 4.79 Å². The molecular formula is C22H28N2O3. The Kier molecular flexibility index (Phi) is 5.99. The molecule has 3 rings (SSSR count). The van der Waals surface area contributed by atoms with Crippen LogP contribution in [0, 0.1) is 19.8 Å². The molecule has 1 aliphatic carbocycles. The van der Waals surface area contributed by atoms with Crippen molar-refractivity contribution in [3.63, 3.8) is 0 Å². The third-order valence-electron chi connectivity index (χ3n) is 5.46. The van der Waals surface area contributed by atoms with E-state index in [2.05, 4.69) is 12.2 Å². The Morgan fingerprint density at radius 1 is 1.15 bits per heavy atom. The molecule has 2 atom stereocenters. The van der Waals surface area contributed by atoms with E-state index >= 15 is 0 Å². The van der Waals surface area contributed by atoms with Gasteiger partial charge in [0.05, 0.1) is 5.56 Å². The van der Waals surface area contributed by atoms with Crippen molar-refractivity contribution < 1.29 is 14.3 Å². The summed E-state index contributed by atoms with van der Waals surface area (Å²) in [5, 5.41) is 3.01. The predicted molar refractivity (Wildman–Crippen MR) is 105 cm³/mol. The minimum absolute atomic E-state index is 0.188. The van der Waals surface area contributed by atoms with Crippen LogP contribution >= 0.6 is 0 Å². The highest BCUT2D eigenvalue weighted by molar-refractivity contribution is 5.93. The molecule has 27 heavy (non-hydrogen) atoms. The molecule has 5 heteroatoms. The van der Waals surface area contributed by atoms with Gasteiger partial charge < -0.3 is 14.6 Å². The zero-order chi connectivity index (χ0) is 19.4. The van der Waals surface area contributed by atoms with E-state index in [1.54, 1.807) is 0 Å². The number of nitrogens with zero attached hydrogens (tertiary/aromatic N) is 1. The van der Waals surface area contributed by atoms with Crippen LogP contribution in [0.2, 0.25) is 0 Å². The molecule has 1 aliphatic rings. The minimum atomic E-state index is -0.461. The van der Waals surface area contributed by atoms with Gasteiger partial charge in [-0.1, -0.05) is 38.0 Å². The van der Waals surface area contributed by atoms with Gasteiger partial charge in [-0.2, -0.15) is 0 Å². The maximum atomic E-state index is 12.5. The third kappa shape index (κ3) is 4.41. The Labute approximate surface area is 160 Å². The Bertz CT molecular complexity index is 810. The van der Waals surface area contributed by atoms with Crippen molar-refractivity contribution in [1.29, 1.82) is 0 Å². The van der Waals surface area contributed by atoms with Gasteiger partial charge in [-0.05, 0) is 50.8 Å².